The van der Waals surface area contributed by atoms with Gasteiger partial charge in [0.2, 0.25) is 0 Å². The van der Waals surface area contributed by atoms with Gasteiger partial charge in [0.25, 0.3) is 11.7 Å². The maximum absolute atomic E-state index is 13.4. The number of carbonyl (C=O) groups is 2. The van der Waals surface area contributed by atoms with Gasteiger partial charge >= 0.3 is 0 Å². The molecular weight excluding hydrogens is 500 g/mol. The summed E-state index contributed by atoms with van der Waals surface area (Å²) in [4.78, 5) is 30.6. The van der Waals surface area contributed by atoms with Crippen molar-refractivity contribution >= 4 is 17.4 Å². The van der Waals surface area contributed by atoms with E-state index >= 15 is 0 Å². The van der Waals surface area contributed by atoms with Crippen LogP contribution in [0.5, 0.6) is 17.2 Å². The van der Waals surface area contributed by atoms with Crippen molar-refractivity contribution in [2.45, 2.75) is 19.4 Å². The van der Waals surface area contributed by atoms with Gasteiger partial charge in [-0.15, -0.1) is 0 Å². The number of morpholine rings is 1. The maximum atomic E-state index is 13.4. The lowest BCUT2D eigenvalue weighted by molar-refractivity contribution is -0.140. The van der Waals surface area contributed by atoms with E-state index < -0.39 is 17.7 Å². The van der Waals surface area contributed by atoms with Crippen LogP contribution in [-0.4, -0.2) is 86.8 Å². The van der Waals surface area contributed by atoms with E-state index in [-0.39, 0.29) is 11.3 Å². The predicted molar refractivity (Wildman–Crippen MR) is 147 cm³/mol. The van der Waals surface area contributed by atoms with Crippen molar-refractivity contribution in [2.24, 2.45) is 0 Å². The maximum Gasteiger partial charge on any atom is 0.295 e. The lowest BCUT2D eigenvalue weighted by Gasteiger charge is -2.29. The molecule has 1 N–H and O–H groups in total. The third-order valence-electron chi connectivity index (χ3n) is 7.05. The summed E-state index contributed by atoms with van der Waals surface area (Å²) in [5.74, 6) is 0.0441. The summed E-state index contributed by atoms with van der Waals surface area (Å²) in [7, 11) is 3.07. The second-order valence-corrected chi connectivity index (χ2v) is 9.49. The molecule has 2 aliphatic rings. The molecule has 0 spiro atoms. The van der Waals surface area contributed by atoms with E-state index in [0.717, 1.165) is 25.2 Å². The molecule has 2 heterocycles. The standard InChI is InChI=1S/C30H36N2O7/c1-5-15-39-23-9-8-22(18-20(23)2)28(33)26-27(21-7-10-24(36-3)25(19-21)37-4)32(30(35)29(26)34)12-6-11-31-13-16-38-17-14-31/h5,7-10,18-19,27,33H,1,6,11-17H2,2-4H3. The van der Waals surface area contributed by atoms with Crippen molar-refractivity contribution in [1.82, 2.24) is 9.80 Å². The number of carbonyl (C=O) groups excluding carboxylic acids is 2. The number of aliphatic hydroxyl groups excluding tert-OH is 1. The smallest absolute Gasteiger partial charge is 0.295 e. The molecule has 1 atom stereocenters. The minimum atomic E-state index is -0.786. The SMILES string of the molecule is C=CCOc1ccc(C(O)=C2C(=O)C(=O)N(CCCN3CCOCC3)C2c2ccc(OC)c(OC)c2)cc1C. The van der Waals surface area contributed by atoms with Gasteiger partial charge in [0.05, 0.1) is 39.0 Å². The molecule has 2 aliphatic heterocycles. The Morgan fingerprint density at radius 1 is 1.05 bits per heavy atom. The summed E-state index contributed by atoms with van der Waals surface area (Å²) in [5, 5.41) is 11.5. The lowest BCUT2D eigenvalue weighted by atomic mass is 9.94. The van der Waals surface area contributed by atoms with Crippen LogP contribution in [0.3, 0.4) is 0 Å². The molecule has 9 heteroatoms. The van der Waals surface area contributed by atoms with Crippen molar-refractivity contribution in [1.29, 1.82) is 0 Å². The minimum absolute atomic E-state index is 0.0396. The van der Waals surface area contributed by atoms with E-state index in [9.17, 15) is 14.7 Å². The summed E-state index contributed by atoms with van der Waals surface area (Å²) in [6.07, 6.45) is 2.32. The summed E-state index contributed by atoms with van der Waals surface area (Å²) in [6.45, 7) is 10.0. The van der Waals surface area contributed by atoms with Crippen LogP contribution in [0, 0.1) is 6.92 Å². The molecule has 39 heavy (non-hydrogen) atoms. The van der Waals surface area contributed by atoms with Gasteiger partial charge in [-0.3, -0.25) is 14.5 Å². The van der Waals surface area contributed by atoms with E-state index in [0.29, 0.717) is 61.2 Å². The average Bonchev–Trinajstić information content (AvgIpc) is 3.21. The Bertz CT molecular complexity index is 1250. The van der Waals surface area contributed by atoms with Gasteiger partial charge in [-0.2, -0.15) is 0 Å². The van der Waals surface area contributed by atoms with Gasteiger partial charge in [-0.1, -0.05) is 18.7 Å². The van der Waals surface area contributed by atoms with Crippen LogP contribution in [-0.2, 0) is 14.3 Å². The first kappa shape index (κ1) is 28.2. The molecule has 9 nitrogen and oxygen atoms in total. The van der Waals surface area contributed by atoms with Gasteiger partial charge in [0.1, 0.15) is 18.1 Å². The second kappa shape index (κ2) is 12.8. The van der Waals surface area contributed by atoms with Crippen LogP contribution in [0.2, 0.25) is 0 Å². The summed E-state index contributed by atoms with van der Waals surface area (Å²) in [5.41, 5.74) is 1.89. The molecule has 2 saturated heterocycles. The topological polar surface area (TPSA) is 97.8 Å². The van der Waals surface area contributed by atoms with Crippen molar-refractivity contribution in [3.8, 4) is 17.2 Å². The number of ketones is 1. The molecule has 2 aromatic carbocycles. The number of amides is 1. The monoisotopic (exact) mass is 536 g/mol. The van der Waals surface area contributed by atoms with E-state index in [1.165, 1.54) is 7.11 Å². The zero-order valence-corrected chi connectivity index (χ0v) is 22.8. The summed E-state index contributed by atoms with van der Waals surface area (Å²) < 4.78 is 22.0. The molecule has 0 aliphatic carbocycles. The van der Waals surface area contributed by atoms with Crippen molar-refractivity contribution in [3.63, 3.8) is 0 Å². The highest BCUT2D eigenvalue weighted by Crippen LogP contribution is 2.42. The van der Waals surface area contributed by atoms with E-state index in [4.69, 9.17) is 18.9 Å². The highest BCUT2D eigenvalue weighted by molar-refractivity contribution is 6.46. The number of methoxy groups -OCH3 is 2. The largest absolute Gasteiger partial charge is 0.507 e. The van der Waals surface area contributed by atoms with Crippen LogP contribution >= 0.6 is 0 Å². The van der Waals surface area contributed by atoms with Gasteiger partial charge in [-0.25, -0.2) is 0 Å². The van der Waals surface area contributed by atoms with Crippen molar-refractivity contribution in [2.75, 3.05) is 60.2 Å². The number of aryl methyl sites for hydroxylation is 1. The molecule has 0 aromatic heterocycles. The first-order valence-electron chi connectivity index (χ1n) is 13.0. The molecule has 1 amide bonds. The highest BCUT2D eigenvalue weighted by atomic mass is 16.5. The molecule has 2 aromatic rings. The minimum Gasteiger partial charge on any atom is -0.507 e. The van der Waals surface area contributed by atoms with Crippen molar-refractivity contribution < 1.29 is 33.6 Å². The summed E-state index contributed by atoms with van der Waals surface area (Å²) >= 11 is 0. The van der Waals surface area contributed by atoms with E-state index in [1.54, 1.807) is 54.5 Å². The number of hydrogen-bond donors (Lipinski definition) is 1. The van der Waals surface area contributed by atoms with Crippen molar-refractivity contribution in [3.05, 3.63) is 71.3 Å². The molecular formula is C30H36N2O7. The van der Waals surface area contributed by atoms with E-state index in [2.05, 4.69) is 11.5 Å². The third-order valence-corrected chi connectivity index (χ3v) is 7.05. The molecule has 208 valence electrons. The number of ether oxygens (including phenoxy) is 4. The van der Waals surface area contributed by atoms with Gasteiger partial charge in [0.15, 0.2) is 11.5 Å². The number of benzene rings is 2. The number of nitrogens with zero attached hydrogens (tertiary/aromatic N) is 2. The highest BCUT2D eigenvalue weighted by Gasteiger charge is 2.46. The number of hydrogen-bond acceptors (Lipinski definition) is 8. The van der Waals surface area contributed by atoms with Crippen LogP contribution in [0.1, 0.15) is 29.2 Å². The quantitative estimate of drug-likeness (QED) is 0.201. The number of rotatable bonds is 11. The summed E-state index contributed by atoms with van der Waals surface area (Å²) in [6, 6.07) is 9.64. The lowest BCUT2D eigenvalue weighted by Crippen LogP contribution is -2.38. The van der Waals surface area contributed by atoms with Crippen LogP contribution < -0.4 is 14.2 Å². The van der Waals surface area contributed by atoms with Gasteiger partial charge in [0, 0.05) is 31.7 Å². The average molecular weight is 537 g/mol. The van der Waals surface area contributed by atoms with Crippen LogP contribution in [0.25, 0.3) is 5.76 Å². The Morgan fingerprint density at radius 3 is 2.44 bits per heavy atom. The molecule has 4 rings (SSSR count). The first-order valence-corrected chi connectivity index (χ1v) is 13.0. The van der Waals surface area contributed by atoms with Crippen LogP contribution in [0.4, 0.5) is 0 Å². The Labute approximate surface area is 229 Å². The fourth-order valence-electron chi connectivity index (χ4n) is 5.03. The Hall–Kier alpha value is -3.82. The molecule has 0 radical (unpaired) electrons. The first-order chi connectivity index (χ1) is 18.9. The second-order valence-electron chi connectivity index (χ2n) is 9.49. The Balaban J connectivity index is 1.72. The molecule has 2 fully saturated rings. The normalized spacial score (nSPS) is 19.3. The predicted octanol–water partition coefficient (Wildman–Crippen LogP) is 3.72. The van der Waals surface area contributed by atoms with Gasteiger partial charge < -0.3 is 29.0 Å². The number of aliphatic hydroxyl groups is 1. The Morgan fingerprint density at radius 2 is 1.77 bits per heavy atom. The fourth-order valence-corrected chi connectivity index (χ4v) is 5.03. The van der Waals surface area contributed by atoms with Gasteiger partial charge in [-0.05, 0) is 54.8 Å². The number of likely N-dealkylation sites (tertiary alicyclic amines) is 1. The molecule has 0 saturated carbocycles. The zero-order valence-electron chi connectivity index (χ0n) is 22.8. The fraction of sp³-hybridized carbons (Fsp3) is 0.400. The zero-order chi connectivity index (χ0) is 27.9. The van der Waals surface area contributed by atoms with E-state index in [1.807, 2.05) is 6.92 Å². The third kappa shape index (κ3) is 6.10. The molecule has 1 unspecified atom stereocenters. The Kier molecular flexibility index (Phi) is 9.27. The van der Waals surface area contributed by atoms with Crippen LogP contribution in [0.15, 0.2) is 54.6 Å². The molecule has 0 bridgehead atoms. The number of Topliss-reactive ketones (excluding diaryl/α,β-unsaturated/α-hetero) is 1.